The minimum atomic E-state index is -3.31. The molecule has 0 saturated carbocycles. The molecule has 0 aromatic heterocycles. The summed E-state index contributed by atoms with van der Waals surface area (Å²) in [6, 6.07) is 9.37. The Bertz CT molecular complexity index is 450. The van der Waals surface area contributed by atoms with E-state index in [0.717, 1.165) is 12.0 Å². The van der Waals surface area contributed by atoms with Crippen molar-refractivity contribution in [2.24, 2.45) is 5.92 Å². The summed E-state index contributed by atoms with van der Waals surface area (Å²) in [5.41, 5.74) is 0.877. The van der Waals surface area contributed by atoms with Crippen molar-refractivity contribution in [2.45, 2.75) is 20.3 Å². The quantitative estimate of drug-likeness (QED) is 0.847. The van der Waals surface area contributed by atoms with Crippen molar-refractivity contribution < 1.29 is 8.42 Å². The van der Waals surface area contributed by atoms with Gasteiger partial charge in [0.15, 0.2) is 0 Å². The molecular weight excluding hydrogens is 234 g/mol. The van der Waals surface area contributed by atoms with E-state index in [0.29, 0.717) is 12.5 Å². The molecule has 0 aliphatic heterocycles. The van der Waals surface area contributed by atoms with Gasteiger partial charge in [-0.2, -0.15) is 0 Å². The largest absolute Gasteiger partial charge is 0.233 e. The Morgan fingerprint density at radius 1 is 1.24 bits per heavy atom. The summed E-state index contributed by atoms with van der Waals surface area (Å²) in [5, 5.41) is 1.21. The highest BCUT2D eigenvalue weighted by atomic mass is 32.2. The molecule has 3 nitrogen and oxygen atoms in total. The molecular formula is C13H19NO2S. The maximum Gasteiger partial charge on any atom is 0.233 e. The third kappa shape index (κ3) is 6.24. The molecule has 0 radical (unpaired) electrons. The van der Waals surface area contributed by atoms with Crippen LogP contribution >= 0.6 is 0 Å². The fourth-order valence-corrected chi connectivity index (χ4v) is 2.11. The van der Waals surface area contributed by atoms with Gasteiger partial charge in [0.05, 0.1) is 0 Å². The van der Waals surface area contributed by atoms with Gasteiger partial charge in [-0.05, 0) is 24.0 Å². The third-order valence-corrected chi connectivity index (χ3v) is 3.37. The van der Waals surface area contributed by atoms with E-state index in [9.17, 15) is 8.42 Å². The Labute approximate surface area is 104 Å². The summed E-state index contributed by atoms with van der Waals surface area (Å²) in [6.45, 7) is 4.61. The molecule has 0 amide bonds. The second kappa shape index (κ2) is 6.57. The van der Waals surface area contributed by atoms with Crippen LogP contribution in [0.1, 0.15) is 25.8 Å². The van der Waals surface area contributed by atoms with Crippen LogP contribution < -0.4 is 4.72 Å². The normalized spacial score (nSPS) is 12.4. The zero-order chi connectivity index (χ0) is 12.7. The monoisotopic (exact) mass is 253 g/mol. The summed E-state index contributed by atoms with van der Waals surface area (Å²) in [4.78, 5) is 0. The molecule has 17 heavy (non-hydrogen) atoms. The second-order valence-corrected chi connectivity index (χ2v) is 5.99. The lowest BCUT2D eigenvalue weighted by Gasteiger charge is -2.04. The third-order valence-electron chi connectivity index (χ3n) is 2.26. The van der Waals surface area contributed by atoms with Crippen molar-refractivity contribution in [3.8, 4) is 0 Å². The second-order valence-electron chi connectivity index (χ2n) is 4.34. The first-order valence-corrected chi connectivity index (χ1v) is 7.27. The van der Waals surface area contributed by atoms with Crippen molar-refractivity contribution in [3.05, 3.63) is 41.3 Å². The molecule has 0 aliphatic rings. The van der Waals surface area contributed by atoms with E-state index in [-0.39, 0.29) is 0 Å². The number of hydrogen-bond donors (Lipinski definition) is 1. The molecule has 0 heterocycles. The van der Waals surface area contributed by atoms with Gasteiger partial charge in [-0.15, -0.1) is 0 Å². The lowest BCUT2D eigenvalue weighted by molar-refractivity contribution is 0.557. The summed E-state index contributed by atoms with van der Waals surface area (Å²) in [7, 11) is -3.31. The summed E-state index contributed by atoms with van der Waals surface area (Å²) < 4.78 is 25.7. The van der Waals surface area contributed by atoms with Gasteiger partial charge in [0.1, 0.15) is 0 Å². The predicted molar refractivity (Wildman–Crippen MR) is 71.9 cm³/mol. The first-order valence-electron chi connectivity index (χ1n) is 5.72. The highest BCUT2D eigenvalue weighted by molar-refractivity contribution is 7.92. The molecule has 1 aromatic carbocycles. The average molecular weight is 253 g/mol. The summed E-state index contributed by atoms with van der Waals surface area (Å²) in [6.07, 6.45) is 2.44. The lowest BCUT2D eigenvalue weighted by Crippen LogP contribution is -2.23. The fraction of sp³-hybridized carbons (Fsp3) is 0.385. The fourth-order valence-electron chi connectivity index (χ4n) is 1.27. The summed E-state index contributed by atoms with van der Waals surface area (Å²) >= 11 is 0. The Kier molecular flexibility index (Phi) is 5.38. The molecule has 0 saturated heterocycles. The zero-order valence-electron chi connectivity index (χ0n) is 10.3. The highest BCUT2D eigenvalue weighted by Gasteiger charge is 2.04. The van der Waals surface area contributed by atoms with Crippen LogP contribution in [0, 0.1) is 5.92 Å². The SMILES string of the molecule is CC(C)CCNS(=O)(=O)/C=C/c1ccccc1. The number of benzene rings is 1. The molecule has 0 spiro atoms. The summed E-state index contributed by atoms with van der Waals surface area (Å²) in [5.74, 6) is 0.496. The van der Waals surface area contributed by atoms with Gasteiger partial charge in [-0.3, -0.25) is 0 Å². The minimum Gasteiger partial charge on any atom is -0.212 e. The molecule has 0 atom stereocenters. The van der Waals surface area contributed by atoms with Crippen LogP contribution in [0.4, 0.5) is 0 Å². The topological polar surface area (TPSA) is 46.2 Å². The Morgan fingerprint density at radius 3 is 2.47 bits per heavy atom. The average Bonchev–Trinajstić information content (AvgIpc) is 2.27. The van der Waals surface area contributed by atoms with Gasteiger partial charge in [0.25, 0.3) is 0 Å². The lowest BCUT2D eigenvalue weighted by atomic mass is 10.1. The van der Waals surface area contributed by atoms with Crippen LogP contribution in [-0.4, -0.2) is 15.0 Å². The van der Waals surface area contributed by atoms with Gasteiger partial charge in [0, 0.05) is 12.0 Å². The molecule has 0 bridgehead atoms. The van der Waals surface area contributed by atoms with Gasteiger partial charge in [-0.25, -0.2) is 13.1 Å². The standard InChI is InChI=1S/C13H19NO2S/c1-12(2)8-10-14-17(15,16)11-9-13-6-4-3-5-7-13/h3-7,9,11-12,14H,8,10H2,1-2H3/b11-9+. The number of hydrogen-bond acceptors (Lipinski definition) is 2. The molecule has 1 aromatic rings. The molecule has 0 fully saturated rings. The van der Waals surface area contributed by atoms with Gasteiger partial charge in [0.2, 0.25) is 10.0 Å². The highest BCUT2D eigenvalue weighted by Crippen LogP contribution is 2.03. The maximum atomic E-state index is 11.6. The zero-order valence-corrected chi connectivity index (χ0v) is 11.1. The smallest absolute Gasteiger partial charge is 0.212 e. The van der Waals surface area contributed by atoms with Crippen molar-refractivity contribution in [2.75, 3.05) is 6.54 Å². The van der Waals surface area contributed by atoms with E-state index in [2.05, 4.69) is 18.6 Å². The van der Waals surface area contributed by atoms with Crippen molar-refractivity contribution in [3.63, 3.8) is 0 Å². The van der Waals surface area contributed by atoms with Crippen LogP contribution in [0.15, 0.2) is 35.7 Å². The Balaban J connectivity index is 2.52. The van der Waals surface area contributed by atoms with Crippen molar-refractivity contribution >= 4 is 16.1 Å². The molecule has 0 aliphatic carbocycles. The van der Waals surface area contributed by atoms with E-state index < -0.39 is 10.0 Å². The minimum absolute atomic E-state index is 0.485. The molecule has 94 valence electrons. The van der Waals surface area contributed by atoms with E-state index in [1.165, 1.54) is 5.41 Å². The molecule has 1 N–H and O–H groups in total. The molecule has 4 heteroatoms. The number of sulfonamides is 1. The van der Waals surface area contributed by atoms with Gasteiger partial charge in [-0.1, -0.05) is 44.2 Å². The van der Waals surface area contributed by atoms with E-state index in [1.807, 2.05) is 30.3 Å². The Morgan fingerprint density at radius 2 is 1.88 bits per heavy atom. The maximum absolute atomic E-state index is 11.6. The van der Waals surface area contributed by atoms with E-state index in [4.69, 9.17) is 0 Å². The molecule has 1 rings (SSSR count). The number of rotatable bonds is 6. The van der Waals surface area contributed by atoms with Crippen LogP contribution in [0.2, 0.25) is 0 Å². The van der Waals surface area contributed by atoms with Gasteiger partial charge >= 0.3 is 0 Å². The number of nitrogens with one attached hydrogen (secondary N) is 1. The predicted octanol–water partition coefficient (Wildman–Crippen LogP) is 2.62. The first kappa shape index (κ1) is 13.9. The van der Waals surface area contributed by atoms with Crippen molar-refractivity contribution in [1.29, 1.82) is 0 Å². The Hall–Kier alpha value is -1.13. The van der Waals surface area contributed by atoms with Crippen LogP contribution in [0.5, 0.6) is 0 Å². The van der Waals surface area contributed by atoms with Gasteiger partial charge < -0.3 is 0 Å². The van der Waals surface area contributed by atoms with Crippen LogP contribution in [0.3, 0.4) is 0 Å². The van der Waals surface area contributed by atoms with Crippen LogP contribution in [0.25, 0.3) is 6.08 Å². The van der Waals surface area contributed by atoms with E-state index in [1.54, 1.807) is 6.08 Å². The van der Waals surface area contributed by atoms with E-state index >= 15 is 0 Å². The van der Waals surface area contributed by atoms with Crippen LogP contribution in [-0.2, 0) is 10.0 Å². The van der Waals surface area contributed by atoms with Crippen molar-refractivity contribution in [1.82, 2.24) is 4.72 Å². The molecule has 0 unspecified atom stereocenters. The first-order chi connectivity index (χ1) is 7.99.